The molecule has 0 atom stereocenters. The second-order valence-electron chi connectivity index (χ2n) is 4.48. The standard InChI is InChI=1S/C14H19N3O2/c1-2-7-15-12-3-4-13(16-10-12)17-14(18)11-5-8-19-9-6-11/h2-4,10-11,15H,1,5-9H2,(H,16,17,18). The zero-order chi connectivity index (χ0) is 13.5. The van der Waals surface area contributed by atoms with E-state index in [4.69, 9.17) is 4.74 Å². The van der Waals surface area contributed by atoms with Crippen LogP contribution in [-0.2, 0) is 9.53 Å². The van der Waals surface area contributed by atoms with E-state index < -0.39 is 0 Å². The van der Waals surface area contributed by atoms with Crippen molar-refractivity contribution in [3.05, 3.63) is 31.0 Å². The van der Waals surface area contributed by atoms with E-state index in [-0.39, 0.29) is 11.8 Å². The van der Waals surface area contributed by atoms with Gasteiger partial charge in [0.1, 0.15) is 5.82 Å². The van der Waals surface area contributed by atoms with Gasteiger partial charge >= 0.3 is 0 Å². The van der Waals surface area contributed by atoms with Gasteiger partial charge in [-0.05, 0) is 25.0 Å². The third kappa shape index (κ3) is 4.06. The number of pyridine rings is 1. The highest BCUT2D eigenvalue weighted by Crippen LogP contribution is 2.17. The second-order valence-corrected chi connectivity index (χ2v) is 4.48. The monoisotopic (exact) mass is 261 g/mol. The Hall–Kier alpha value is -1.88. The van der Waals surface area contributed by atoms with Crippen LogP contribution in [0.1, 0.15) is 12.8 Å². The van der Waals surface area contributed by atoms with E-state index in [1.807, 2.05) is 6.07 Å². The first-order chi connectivity index (χ1) is 9.29. The molecule has 1 aromatic heterocycles. The Morgan fingerprint density at radius 3 is 2.89 bits per heavy atom. The second kappa shape index (κ2) is 6.89. The molecule has 102 valence electrons. The molecule has 1 saturated heterocycles. The van der Waals surface area contributed by atoms with Crippen molar-refractivity contribution < 1.29 is 9.53 Å². The Labute approximate surface area is 113 Å². The molecule has 0 bridgehead atoms. The number of nitrogens with one attached hydrogen (secondary N) is 2. The lowest BCUT2D eigenvalue weighted by atomic mass is 9.99. The van der Waals surface area contributed by atoms with Gasteiger partial charge in [0.15, 0.2) is 0 Å². The molecule has 0 unspecified atom stereocenters. The zero-order valence-electron chi connectivity index (χ0n) is 10.9. The largest absolute Gasteiger partial charge is 0.381 e. The molecular formula is C14H19N3O2. The molecule has 1 aliphatic rings. The maximum atomic E-state index is 12.0. The van der Waals surface area contributed by atoms with Gasteiger partial charge in [0.25, 0.3) is 0 Å². The summed E-state index contributed by atoms with van der Waals surface area (Å²) in [4.78, 5) is 16.2. The average Bonchev–Trinajstić information content (AvgIpc) is 2.47. The molecule has 0 aromatic carbocycles. The summed E-state index contributed by atoms with van der Waals surface area (Å²) >= 11 is 0. The number of hydrogen-bond donors (Lipinski definition) is 2. The lowest BCUT2D eigenvalue weighted by Gasteiger charge is -2.20. The molecule has 5 nitrogen and oxygen atoms in total. The van der Waals surface area contributed by atoms with Crippen LogP contribution in [0.4, 0.5) is 11.5 Å². The Kier molecular flexibility index (Phi) is 4.92. The summed E-state index contributed by atoms with van der Waals surface area (Å²) in [5.74, 6) is 0.650. The summed E-state index contributed by atoms with van der Waals surface area (Å²) in [5, 5.41) is 5.97. The topological polar surface area (TPSA) is 63.2 Å². The lowest BCUT2D eigenvalue weighted by Crippen LogP contribution is -2.28. The van der Waals surface area contributed by atoms with Crippen molar-refractivity contribution in [2.75, 3.05) is 30.4 Å². The van der Waals surface area contributed by atoms with Crippen LogP contribution < -0.4 is 10.6 Å². The average molecular weight is 261 g/mol. The van der Waals surface area contributed by atoms with Crippen molar-refractivity contribution in [3.63, 3.8) is 0 Å². The molecule has 1 aliphatic heterocycles. The molecule has 1 amide bonds. The maximum absolute atomic E-state index is 12.0. The number of ether oxygens (including phenoxy) is 1. The van der Waals surface area contributed by atoms with Crippen LogP contribution in [0.2, 0.25) is 0 Å². The summed E-state index contributed by atoms with van der Waals surface area (Å²) in [6.07, 6.45) is 5.04. The lowest BCUT2D eigenvalue weighted by molar-refractivity contribution is -0.122. The van der Waals surface area contributed by atoms with Crippen molar-refractivity contribution in [1.29, 1.82) is 0 Å². The molecule has 2 N–H and O–H groups in total. The Bertz CT molecular complexity index is 425. The van der Waals surface area contributed by atoms with Crippen molar-refractivity contribution in [2.45, 2.75) is 12.8 Å². The number of hydrogen-bond acceptors (Lipinski definition) is 4. The minimum Gasteiger partial charge on any atom is -0.381 e. The third-order valence-corrected chi connectivity index (χ3v) is 3.06. The molecule has 0 radical (unpaired) electrons. The van der Waals surface area contributed by atoms with Crippen LogP contribution in [0.15, 0.2) is 31.0 Å². The summed E-state index contributed by atoms with van der Waals surface area (Å²) in [7, 11) is 0. The number of rotatable bonds is 5. The third-order valence-electron chi connectivity index (χ3n) is 3.06. The molecule has 1 aromatic rings. The number of anilines is 2. The van der Waals surface area contributed by atoms with E-state index in [0.29, 0.717) is 25.6 Å². The highest BCUT2D eigenvalue weighted by atomic mass is 16.5. The molecule has 0 saturated carbocycles. The number of nitrogens with zero attached hydrogens (tertiary/aromatic N) is 1. The first-order valence-corrected chi connectivity index (χ1v) is 6.49. The van der Waals surface area contributed by atoms with E-state index in [0.717, 1.165) is 18.5 Å². The van der Waals surface area contributed by atoms with Crippen molar-refractivity contribution >= 4 is 17.4 Å². The first-order valence-electron chi connectivity index (χ1n) is 6.49. The maximum Gasteiger partial charge on any atom is 0.228 e. The number of carbonyl (C=O) groups excluding carboxylic acids is 1. The fraction of sp³-hybridized carbons (Fsp3) is 0.429. The molecule has 19 heavy (non-hydrogen) atoms. The van der Waals surface area contributed by atoms with E-state index >= 15 is 0 Å². The smallest absolute Gasteiger partial charge is 0.228 e. The minimum absolute atomic E-state index is 0.0302. The van der Waals surface area contributed by atoms with Crippen LogP contribution in [0.25, 0.3) is 0 Å². The molecule has 0 spiro atoms. The van der Waals surface area contributed by atoms with E-state index in [9.17, 15) is 4.79 Å². The molecule has 1 fully saturated rings. The van der Waals surface area contributed by atoms with E-state index in [2.05, 4.69) is 22.2 Å². The Balaban J connectivity index is 1.87. The van der Waals surface area contributed by atoms with Crippen LogP contribution in [0.5, 0.6) is 0 Å². The first kappa shape index (κ1) is 13.5. The van der Waals surface area contributed by atoms with Crippen LogP contribution in [0, 0.1) is 5.92 Å². The van der Waals surface area contributed by atoms with Gasteiger partial charge in [-0.25, -0.2) is 4.98 Å². The quantitative estimate of drug-likeness (QED) is 0.796. The molecule has 0 aliphatic carbocycles. The number of aromatic nitrogens is 1. The van der Waals surface area contributed by atoms with E-state index in [1.165, 1.54) is 0 Å². The summed E-state index contributed by atoms with van der Waals surface area (Å²) in [6.45, 7) is 5.65. The summed E-state index contributed by atoms with van der Waals surface area (Å²) in [6, 6.07) is 3.68. The van der Waals surface area contributed by atoms with E-state index in [1.54, 1.807) is 18.3 Å². The highest BCUT2D eigenvalue weighted by molar-refractivity contribution is 5.91. The van der Waals surface area contributed by atoms with Crippen LogP contribution in [-0.4, -0.2) is 30.6 Å². The van der Waals surface area contributed by atoms with Crippen LogP contribution in [0.3, 0.4) is 0 Å². The number of carbonyl (C=O) groups is 1. The Morgan fingerprint density at radius 2 is 2.26 bits per heavy atom. The van der Waals surface area contributed by atoms with Gasteiger partial charge in [-0.15, -0.1) is 6.58 Å². The zero-order valence-corrected chi connectivity index (χ0v) is 10.9. The SMILES string of the molecule is C=CCNc1ccc(NC(=O)C2CCOCC2)nc1. The predicted molar refractivity (Wildman–Crippen MR) is 75.1 cm³/mol. The van der Waals surface area contributed by atoms with Gasteiger partial charge in [-0.1, -0.05) is 6.08 Å². The van der Waals surface area contributed by atoms with Gasteiger partial charge < -0.3 is 15.4 Å². The molecule has 2 heterocycles. The van der Waals surface area contributed by atoms with Gasteiger partial charge in [-0.2, -0.15) is 0 Å². The van der Waals surface area contributed by atoms with Crippen molar-refractivity contribution in [1.82, 2.24) is 4.98 Å². The van der Waals surface area contributed by atoms with Gasteiger partial charge in [-0.3, -0.25) is 4.79 Å². The minimum atomic E-state index is 0.0302. The Morgan fingerprint density at radius 1 is 1.47 bits per heavy atom. The van der Waals surface area contributed by atoms with Gasteiger partial charge in [0, 0.05) is 25.7 Å². The number of amides is 1. The van der Waals surface area contributed by atoms with Crippen LogP contribution >= 0.6 is 0 Å². The molecular weight excluding hydrogens is 242 g/mol. The fourth-order valence-corrected chi connectivity index (χ4v) is 1.95. The molecule has 5 heteroatoms. The highest BCUT2D eigenvalue weighted by Gasteiger charge is 2.21. The van der Waals surface area contributed by atoms with Crippen molar-refractivity contribution in [2.24, 2.45) is 5.92 Å². The summed E-state index contributed by atoms with van der Waals surface area (Å²) in [5.41, 5.74) is 0.906. The molecule has 2 rings (SSSR count). The normalized spacial score (nSPS) is 15.8. The van der Waals surface area contributed by atoms with Crippen molar-refractivity contribution in [3.8, 4) is 0 Å². The van der Waals surface area contributed by atoms with Gasteiger partial charge in [0.2, 0.25) is 5.91 Å². The fourth-order valence-electron chi connectivity index (χ4n) is 1.95. The van der Waals surface area contributed by atoms with Gasteiger partial charge in [0.05, 0.1) is 11.9 Å². The summed E-state index contributed by atoms with van der Waals surface area (Å²) < 4.78 is 5.24. The predicted octanol–water partition coefficient (Wildman–Crippen LogP) is 2.04.